The van der Waals surface area contributed by atoms with Crippen LogP contribution < -0.4 is 16.0 Å². The molecule has 0 spiro atoms. The summed E-state index contributed by atoms with van der Waals surface area (Å²) in [4.78, 5) is 5.35. The third-order valence-electron chi connectivity index (χ3n) is 6.14. The molecule has 0 amide bonds. The van der Waals surface area contributed by atoms with Gasteiger partial charge in [-0.25, -0.2) is 0 Å². The van der Waals surface area contributed by atoms with E-state index in [9.17, 15) is 0 Å². The minimum absolute atomic E-state index is 0. The van der Waals surface area contributed by atoms with Gasteiger partial charge >= 0.3 is 0 Å². The van der Waals surface area contributed by atoms with Gasteiger partial charge in [-0.15, -0.1) is 84.9 Å². The number of halogens is 5. The Balaban J connectivity index is 0. The summed E-state index contributed by atoms with van der Waals surface area (Å²) in [7, 11) is 0. The van der Waals surface area contributed by atoms with Crippen molar-refractivity contribution in [3.8, 4) is 0 Å². The molecule has 5 rings (SSSR count). The van der Waals surface area contributed by atoms with Gasteiger partial charge in [0.05, 0.1) is 6.17 Å². The van der Waals surface area contributed by atoms with E-state index in [1.54, 1.807) is 0 Å². The molecule has 0 aliphatic carbocycles. The molecule has 0 saturated carbocycles. The van der Waals surface area contributed by atoms with E-state index in [1.165, 1.54) is 29.5 Å². The zero-order valence-corrected chi connectivity index (χ0v) is 28.8. The molecule has 3 aliphatic heterocycles. The van der Waals surface area contributed by atoms with E-state index < -0.39 is 0 Å². The predicted molar refractivity (Wildman–Crippen MR) is 176 cm³/mol. The second kappa shape index (κ2) is 21.6. The summed E-state index contributed by atoms with van der Waals surface area (Å²) in [6.45, 7) is 10.6. The van der Waals surface area contributed by atoms with Crippen LogP contribution in [0.1, 0.15) is 35.7 Å². The molecule has 35 heavy (non-hydrogen) atoms. The first-order valence-electron chi connectivity index (χ1n) is 11.6. The molecule has 3 heterocycles. The van der Waals surface area contributed by atoms with E-state index in [4.69, 9.17) is 0 Å². The first kappa shape index (κ1) is 37.8. The second-order valence-corrected chi connectivity index (χ2v) is 8.50. The van der Waals surface area contributed by atoms with Crippen molar-refractivity contribution in [3.05, 3.63) is 71.3 Å². The van der Waals surface area contributed by atoms with Crippen LogP contribution in [-0.2, 0) is 13.1 Å². The Kier molecular flexibility index (Phi) is 23.3. The van der Waals surface area contributed by atoms with Crippen LogP contribution in [0.25, 0.3) is 0 Å². The van der Waals surface area contributed by atoms with Crippen LogP contribution in [0.5, 0.6) is 0 Å². The quantitative estimate of drug-likeness (QED) is 0.385. The Morgan fingerprint density at radius 2 is 1.23 bits per heavy atom. The lowest BCUT2D eigenvalue weighted by molar-refractivity contribution is 0.0301. The molecule has 1 unspecified atom stereocenters. The number of nitrogens with zero attached hydrogens (tertiary/aromatic N) is 2. The third kappa shape index (κ3) is 12.4. The fourth-order valence-electron chi connectivity index (χ4n) is 4.61. The van der Waals surface area contributed by atoms with Gasteiger partial charge < -0.3 is 16.0 Å². The maximum Gasteiger partial charge on any atom is 0.0892 e. The molecular formula is C25H42Br5N5. The fourth-order valence-corrected chi connectivity index (χ4v) is 4.61. The average molecular weight is 812 g/mol. The van der Waals surface area contributed by atoms with Gasteiger partial charge in [-0.3, -0.25) is 9.80 Å². The number of benzene rings is 2. The molecule has 1 atom stereocenters. The Labute approximate surface area is 264 Å². The lowest BCUT2D eigenvalue weighted by Gasteiger charge is -2.39. The highest BCUT2D eigenvalue weighted by Crippen LogP contribution is 2.32. The summed E-state index contributed by atoms with van der Waals surface area (Å²) >= 11 is 0. The summed E-state index contributed by atoms with van der Waals surface area (Å²) < 4.78 is 0. The highest BCUT2D eigenvalue weighted by Gasteiger charge is 2.29. The number of fused-ring (bicyclic) bond motifs is 4. The van der Waals surface area contributed by atoms with Crippen LogP contribution in [0.2, 0.25) is 0 Å². The Morgan fingerprint density at radius 1 is 0.629 bits per heavy atom. The molecule has 2 aromatic carbocycles. The summed E-state index contributed by atoms with van der Waals surface area (Å²) in [6.07, 6.45) is 2.69. The zero-order chi connectivity index (χ0) is 20.4. The molecule has 2 bridgehead atoms. The number of nitrogens with one attached hydrogen (secondary N) is 3. The summed E-state index contributed by atoms with van der Waals surface area (Å²) in [5, 5.41) is 10.8. The van der Waals surface area contributed by atoms with Crippen molar-refractivity contribution in [3.63, 3.8) is 0 Å². The molecule has 1 saturated heterocycles. The van der Waals surface area contributed by atoms with E-state index in [1.807, 2.05) is 0 Å². The van der Waals surface area contributed by atoms with E-state index in [0.717, 1.165) is 65.4 Å². The van der Waals surface area contributed by atoms with Crippen LogP contribution in [0.15, 0.2) is 54.6 Å². The van der Waals surface area contributed by atoms with Crippen molar-refractivity contribution in [1.29, 1.82) is 0 Å². The Hall–Kier alpha value is 0.640. The van der Waals surface area contributed by atoms with Crippen molar-refractivity contribution >= 4 is 84.9 Å². The van der Waals surface area contributed by atoms with Crippen LogP contribution in [0.3, 0.4) is 0 Å². The van der Waals surface area contributed by atoms with Crippen LogP contribution in [0.4, 0.5) is 0 Å². The predicted octanol–water partition coefficient (Wildman–Crippen LogP) is 5.46. The van der Waals surface area contributed by atoms with Crippen LogP contribution >= 0.6 is 84.9 Å². The normalized spacial score (nSPS) is 19.7. The van der Waals surface area contributed by atoms with Crippen molar-refractivity contribution < 1.29 is 0 Å². The van der Waals surface area contributed by atoms with Gasteiger partial charge in [-0.1, -0.05) is 54.6 Å². The highest BCUT2D eigenvalue weighted by molar-refractivity contribution is 8.93. The minimum atomic E-state index is 0. The molecular weight excluding hydrogens is 770 g/mol. The van der Waals surface area contributed by atoms with Gasteiger partial charge in [-0.05, 0) is 49.2 Å². The van der Waals surface area contributed by atoms with Gasteiger partial charge in [0.2, 0.25) is 0 Å². The fraction of sp³-hybridized carbons (Fsp3) is 0.520. The van der Waals surface area contributed by atoms with E-state index in [-0.39, 0.29) is 84.9 Å². The van der Waals surface area contributed by atoms with Crippen LogP contribution in [0, 0.1) is 0 Å². The van der Waals surface area contributed by atoms with E-state index in [2.05, 4.69) is 80.3 Å². The monoisotopic (exact) mass is 807 g/mol. The van der Waals surface area contributed by atoms with Gasteiger partial charge in [0.1, 0.15) is 0 Å². The summed E-state index contributed by atoms with van der Waals surface area (Å²) in [5.41, 5.74) is 4.22. The van der Waals surface area contributed by atoms with Crippen molar-refractivity contribution in [1.82, 2.24) is 25.8 Å². The first-order chi connectivity index (χ1) is 14.9. The number of hydrogen-bond acceptors (Lipinski definition) is 5. The number of rotatable bonds is 3. The number of hydrogen-bond donors (Lipinski definition) is 3. The Bertz CT molecular complexity index is 740. The van der Waals surface area contributed by atoms with Crippen LogP contribution in [-0.4, -0.2) is 62.2 Å². The van der Waals surface area contributed by atoms with Gasteiger partial charge in [0.25, 0.3) is 0 Å². The molecule has 202 valence electrons. The molecule has 10 heteroatoms. The molecule has 2 aromatic rings. The smallest absolute Gasteiger partial charge is 0.0892 e. The lowest BCUT2D eigenvalue weighted by atomic mass is 10.1. The zero-order valence-electron chi connectivity index (χ0n) is 20.2. The summed E-state index contributed by atoms with van der Waals surface area (Å²) in [6, 6.07) is 20.2. The Morgan fingerprint density at radius 3 is 1.89 bits per heavy atom. The van der Waals surface area contributed by atoms with Gasteiger partial charge in [0.15, 0.2) is 0 Å². The molecule has 5 nitrogen and oxygen atoms in total. The van der Waals surface area contributed by atoms with E-state index in [0.29, 0.717) is 6.17 Å². The molecule has 3 aliphatic rings. The molecule has 3 N–H and O–H groups in total. The highest BCUT2D eigenvalue weighted by atomic mass is 79.9. The average Bonchev–Trinajstić information content (AvgIpc) is 3.05. The second-order valence-electron chi connectivity index (χ2n) is 8.50. The topological polar surface area (TPSA) is 42.6 Å². The first-order valence-corrected chi connectivity index (χ1v) is 11.6. The van der Waals surface area contributed by atoms with Crippen molar-refractivity contribution in [2.24, 2.45) is 0 Å². The standard InChI is InChI=1S/C25H37N5.5BrH/c1-2-6-22(7-3-1)20-30-21-23-8-10-24(11-9-23)25(30)29-18-5-14-27-16-15-26-12-4-13-28-17-19-29;;;;;/h1-3,6-11,25-28H,4-5,12-21H2;5*1H. The largest absolute Gasteiger partial charge is 0.315 e. The minimum Gasteiger partial charge on any atom is -0.315 e. The van der Waals surface area contributed by atoms with Gasteiger partial charge in [0, 0.05) is 45.8 Å². The molecule has 0 radical (unpaired) electrons. The molecule has 1 fully saturated rings. The maximum absolute atomic E-state index is 3.67. The lowest BCUT2D eigenvalue weighted by Crippen LogP contribution is -2.44. The summed E-state index contributed by atoms with van der Waals surface area (Å²) in [5.74, 6) is 0. The van der Waals surface area contributed by atoms with E-state index >= 15 is 0 Å². The maximum atomic E-state index is 3.67. The van der Waals surface area contributed by atoms with Crippen molar-refractivity contribution in [2.75, 3.05) is 52.4 Å². The third-order valence-corrected chi connectivity index (χ3v) is 6.14. The SMILES string of the molecule is Br.Br.Br.Br.Br.c1ccc(CN2Cc3ccc(cc3)C2N2CCCNCCNCCCNCC2)cc1. The molecule has 0 aromatic heterocycles. The van der Waals surface area contributed by atoms with Gasteiger partial charge in [-0.2, -0.15) is 0 Å². The van der Waals surface area contributed by atoms with Crippen molar-refractivity contribution in [2.45, 2.75) is 32.1 Å².